The van der Waals surface area contributed by atoms with Gasteiger partial charge in [-0.05, 0) is 56.2 Å². The summed E-state index contributed by atoms with van der Waals surface area (Å²) in [5.74, 6) is -0.1000. The molecule has 0 saturated carbocycles. The average Bonchev–Trinajstić information content (AvgIpc) is 2.79. The lowest BCUT2D eigenvalue weighted by Crippen LogP contribution is -2.41. The summed E-state index contributed by atoms with van der Waals surface area (Å²) in [5.41, 5.74) is 0.491. The number of carbonyl (C=O) groups is 1. The van der Waals surface area contributed by atoms with Gasteiger partial charge < -0.3 is 9.47 Å². The Kier molecular flexibility index (Phi) is 7.56. The third-order valence-corrected chi connectivity index (χ3v) is 6.71. The summed E-state index contributed by atoms with van der Waals surface area (Å²) in [6, 6.07) is 22.9. The van der Waals surface area contributed by atoms with Crippen molar-refractivity contribution in [2.24, 2.45) is 0 Å². The zero-order valence-corrected chi connectivity index (χ0v) is 20.1. The summed E-state index contributed by atoms with van der Waals surface area (Å²) in [5, 5.41) is 0. The molecule has 174 valence electrons. The van der Waals surface area contributed by atoms with Gasteiger partial charge in [0.05, 0.1) is 12.0 Å². The van der Waals surface area contributed by atoms with Crippen LogP contribution in [0, 0.1) is 0 Å². The quantitative estimate of drug-likeness (QED) is 0.438. The largest absolute Gasteiger partial charge is 0.497 e. The smallest absolute Gasteiger partial charge is 0.329 e. The Balaban J connectivity index is 2.16. The van der Waals surface area contributed by atoms with E-state index >= 15 is 0 Å². The zero-order chi connectivity index (χ0) is 24.1. The third-order valence-electron chi connectivity index (χ3n) is 4.88. The molecule has 1 atom stereocenters. The fraction of sp³-hybridized carbons (Fsp3) is 0.269. The zero-order valence-electron chi connectivity index (χ0n) is 19.3. The van der Waals surface area contributed by atoms with E-state index in [1.807, 2.05) is 36.4 Å². The van der Waals surface area contributed by atoms with Crippen molar-refractivity contribution in [3.05, 3.63) is 96.1 Å². The van der Waals surface area contributed by atoms with Crippen molar-refractivity contribution >= 4 is 16.0 Å². The van der Waals surface area contributed by atoms with E-state index in [4.69, 9.17) is 9.47 Å². The van der Waals surface area contributed by atoms with E-state index in [0.717, 1.165) is 5.56 Å². The molecular weight excluding hydrogens is 438 g/mol. The Labute approximate surface area is 195 Å². The molecule has 0 amide bonds. The maximum Gasteiger partial charge on any atom is 0.329 e. The predicted molar refractivity (Wildman–Crippen MR) is 127 cm³/mol. The summed E-state index contributed by atoms with van der Waals surface area (Å²) in [7, 11) is -2.58. The van der Waals surface area contributed by atoms with Gasteiger partial charge in [0.1, 0.15) is 17.4 Å². The van der Waals surface area contributed by atoms with Crippen molar-refractivity contribution in [3.8, 4) is 5.75 Å². The van der Waals surface area contributed by atoms with Crippen LogP contribution in [0.2, 0.25) is 0 Å². The average molecular weight is 468 g/mol. The molecule has 0 radical (unpaired) electrons. The first kappa shape index (κ1) is 24.5. The fourth-order valence-electron chi connectivity index (χ4n) is 3.37. The highest BCUT2D eigenvalue weighted by atomic mass is 32.2. The van der Waals surface area contributed by atoms with Gasteiger partial charge in [0.2, 0.25) is 10.0 Å². The summed E-state index contributed by atoms with van der Waals surface area (Å²) >= 11 is 0. The molecular formula is C26H29NO5S. The van der Waals surface area contributed by atoms with E-state index in [9.17, 15) is 13.2 Å². The number of esters is 1. The third kappa shape index (κ3) is 6.21. The van der Waals surface area contributed by atoms with Gasteiger partial charge in [0, 0.05) is 6.54 Å². The Morgan fingerprint density at radius 2 is 1.42 bits per heavy atom. The van der Waals surface area contributed by atoms with Gasteiger partial charge in [-0.25, -0.2) is 13.2 Å². The minimum Gasteiger partial charge on any atom is -0.497 e. The second-order valence-electron chi connectivity index (χ2n) is 8.56. The molecule has 0 aromatic heterocycles. The number of hydrogen-bond donors (Lipinski definition) is 0. The van der Waals surface area contributed by atoms with E-state index in [2.05, 4.69) is 0 Å². The Morgan fingerprint density at radius 3 is 1.94 bits per heavy atom. The van der Waals surface area contributed by atoms with Crippen LogP contribution < -0.4 is 4.74 Å². The summed E-state index contributed by atoms with van der Waals surface area (Å²) in [6.45, 7) is 5.26. The summed E-state index contributed by atoms with van der Waals surface area (Å²) in [4.78, 5) is 13.5. The van der Waals surface area contributed by atoms with Crippen LogP contribution in [-0.4, -0.2) is 31.4 Å². The highest BCUT2D eigenvalue weighted by Gasteiger charge is 2.39. The van der Waals surface area contributed by atoms with Crippen molar-refractivity contribution < 1.29 is 22.7 Å². The minimum absolute atomic E-state index is 0.00595. The van der Waals surface area contributed by atoms with E-state index in [0.29, 0.717) is 11.3 Å². The predicted octanol–water partition coefficient (Wildman–Crippen LogP) is 4.97. The SMILES string of the molecule is COc1ccc(S(=O)(=O)N(Cc2ccccc2)[C@@H](C(=O)OC(C)(C)C)c2ccccc2)cc1. The molecule has 0 saturated heterocycles. The lowest BCUT2D eigenvalue weighted by Gasteiger charge is -2.32. The number of hydrogen-bond acceptors (Lipinski definition) is 5. The molecule has 0 fully saturated rings. The van der Waals surface area contributed by atoms with Crippen molar-refractivity contribution in [3.63, 3.8) is 0 Å². The monoisotopic (exact) mass is 467 g/mol. The number of sulfonamides is 1. The molecule has 0 aliphatic rings. The molecule has 7 heteroatoms. The minimum atomic E-state index is -4.10. The fourth-order valence-corrected chi connectivity index (χ4v) is 4.93. The normalized spacial score (nSPS) is 12.9. The van der Waals surface area contributed by atoms with Gasteiger partial charge in [-0.15, -0.1) is 0 Å². The maximum absolute atomic E-state index is 13.9. The van der Waals surface area contributed by atoms with Crippen LogP contribution in [-0.2, 0) is 26.1 Å². The molecule has 0 N–H and O–H groups in total. The van der Waals surface area contributed by atoms with Crippen LogP contribution in [0.25, 0.3) is 0 Å². The molecule has 6 nitrogen and oxygen atoms in total. The van der Waals surface area contributed by atoms with Crippen LogP contribution in [0.4, 0.5) is 0 Å². The number of carbonyl (C=O) groups excluding carboxylic acids is 1. The molecule has 3 aromatic rings. The van der Waals surface area contributed by atoms with Gasteiger partial charge >= 0.3 is 5.97 Å². The number of methoxy groups -OCH3 is 1. The van der Waals surface area contributed by atoms with E-state index in [1.165, 1.54) is 23.5 Å². The topological polar surface area (TPSA) is 72.9 Å². The molecule has 0 aliphatic heterocycles. The highest BCUT2D eigenvalue weighted by Crippen LogP contribution is 2.32. The number of rotatable bonds is 8. The van der Waals surface area contributed by atoms with Gasteiger partial charge in [-0.3, -0.25) is 0 Å². The lowest BCUT2D eigenvalue weighted by atomic mass is 10.1. The van der Waals surface area contributed by atoms with Crippen LogP contribution in [0.5, 0.6) is 5.75 Å². The lowest BCUT2D eigenvalue weighted by molar-refractivity contribution is -0.160. The summed E-state index contributed by atoms with van der Waals surface area (Å²) in [6.07, 6.45) is 0. The standard InChI is InChI=1S/C26H29NO5S/c1-26(2,3)32-25(28)24(21-13-9-6-10-14-21)27(19-20-11-7-5-8-12-20)33(29,30)23-17-15-22(31-4)16-18-23/h5-18,24H,19H2,1-4H3/t24-/m1/s1. The van der Waals surface area contributed by atoms with Gasteiger partial charge in [0.25, 0.3) is 0 Å². The van der Waals surface area contributed by atoms with Crippen molar-refractivity contribution in [1.82, 2.24) is 4.31 Å². The van der Waals surface area contributed by atoms with Gasteiger partial charge in [-0.1, -0.05) is 60.7 Å². The number of benzene rings is 3. The van der Waals surface area contributed by atoms with E-state index < -0.39 is 27.6 Å². The van der Waals surface area contributed by atoms with Crippen LogP contribution in [0.3, 0.4) is 0 Å². The Bertz CT molecular complexity index is 1150. The van der Waals surface area contributed by atoms with Crippen LogP contribution in [0.15, 0.2) is 89.8 Å². The Morgan fingerprint density at radius 1 is 0.879 bits per heavy atom. The second kappa shape index (κ2) is 10.2. The molecule has 3 aromatic carbocycles. The molecule has 33 heavy (non-hydrogen) atoms. The molecule has 0 bridgehead atoms. The first-order valence-electron chi connectivity index (χ1n) is 10.6. The van der Waals surface area contributed by atoms with Crippen LogP contribution >= 0.6 is 0 Å². The van der Waals surface area contributed by atoms with Gasteiger partial charge in [-0.2, -0.15) is 4.31 Å². The molecule has 0 unspecified atom stereocenters. The number of ether oxygens (including phenoxy) is 2. The molecule has 0 spiro atoms. The Hall–Kier alpha value is -3.16. The van der Waals surface area contributed by atoms with Crippen molar-refractivity contribution in [2.75, 3.05) is 7.11 Å². The molecule has 0 heterocycles. The van der Waals surface area contributed by atoms with Crippen molar-refractivity contribution in [2.45, 2.75) is 43.9 Å². The number of nitrogens with zero attached hydrogens (tertiary/aromatic N) is 1. The van der Waals surface area contributed by atoms with Crippen molar-refractivity contribution in [1.29, 1.82) is 0 Å². The highest BCUT2D eigenvalue weighted by molar-refractivity contribution is 7.89. The summed E-state index contributed by atoms with van der Waals surface area (Å²) < 4.78 is 39.8. The first-order valence-corrected chi connectivity index (χ1v) is 12.0. The van der Waals surface area contributed by atoms with Gasteiger partial charge in [0.15, 0.2) is 0 Å². The molecule has 0 aliphatic carbocycles. The van der Waals surface area contributed by atoms with E-state index in [-0.39, 0.29) is 11.4 Å². The maximum atomic E-state index is 13.9. The first-order chi connectivity index (χ1) is 15.6. The van der Waals surface area contributed by atoms with E-state index in [1.54, 1.807) is 57.2 Å². The molecule has 3 rings (SSSR count). The second-order valence-corrected chi connectivity index (χ2v) is 10.4. The van der Waals surface area contributed by atoms with Crippen LogP contribution in [0.1, 0.15) is 37.9 Å².